The van der Waals surface area contributed by atoms with E-state index in [0.717, 1.165) is 19.1 Å². The van der Waals surface area contributed by atoms with Crippen molar-refractivity contribution in [3.05, 3.63) is 77.4 Å². The highest BCUT2D eigenvalue weighted by Crippen LogP contribution is 2.38. The van der Waals surface area contributed by atoms with Crippen LogP contribution in [0.3, 0.4) is 0 Å². The van der Waals surface area contributed by atoms with Crippen molar-refractivity contribution in [2.75, 3.05) is 21.0 Å². The number of hydrogen-bond acceptors (Lipinski definition) is 9. The van der Waals surface area contributed by atoms with Gasteiger partial charge in [0.1, 0.15) is 41.3 Å². The largest absolute Gasteiger partial charge is 0.497 e. The van der Waals surface area contributed by atoms with Gasteiger partial charge in [-0.2, -0.15) is 13.2 Å². The van der Waals surface area contributed by atoms with Gasteiger partial charge in [-0.05, 0) is 57.0 Å². The van der Waals surface area contributed by atoms with E-state index >= 15 is 0 Å². The number of halogens is 3. The zero-order valence-corrected chi connectivity index (χ0v) is 25.0. The lowest BCUT2D eigenvalue weighted by Gasteiger charge is -2.27. The SMILES string of the molecule is COCOc1cc(OC)cc2c1C(=O)OC(C)C(C(F)(F)F)/C=C\C(OC(=O)c1ccccc1)[C@H]1OC(C)(C)O[C@H]1C/C=C/2. The third kappa shape index (κ3) is 7.99. The van der Waals surface area contributed by atoms with E-state index < -0.39 is 54.2 Å². The van der Waals surface area contributed by atoms with Gasteiger partial charge in [0.15, 0.2) is 12.6 Å². The minimum atomic E-state index is -4.83. The number of rotatable bonds is 6. The highest BCUT2D eigenvalue weighted by Gasteiger charge is 2.47. The second-order valence-corrected chi connectivity index (χ2v) is 10.7. The maximum Gasteiger partial charge on any atom is 0.398 e. The molecule has 2 heterocycles. The highest BCUT2D eigenvalue weighted by atomic mass is 19.4. The van der Waals surface area contributed by atoms with Gasteiger partial charge in [-0.15, -0.1) is 0 Å². The molecule has 0 bridgehead atoms. The summed E-state index contributed by atoms with van der Waals surface area (Å²) in [4.78, 5) is 26.5. The van der Waals surface area contributed by atoms with Crippen molar-refractivity contribution >= 4 is 18.0 Å². The molecule has 5 atom stereocenters. The molecule has 9 nitrogen and oxygen atoms in total. The van der Waals surface area contributed by atoms with Gasteiger partial charge < -0.3 is 33.2 Å². The molecule has 0 aromatic heterocycles. The standard InChI is InChI=1S/C32H35F3O9/c1-19-23(32(33,34)35)14-15-24(42-29(36)20-10-7-6-8-11-20)28-25(43-31(2,3)44-28)13-9-12-21-16-22(39-5)17-26(40-18-38-4)27(21)30(37)41-19/h6-12,14-17,19,23-25,28H,13,18H2,1-5H3/b12-9+,15-14-/t19?,23?,24?,25-,28+/m0/s1. The van der Waals surface area contributed by atoms with Crippen molar-refractivity contribution in [3.8, 4) is 11.5 Å². The van der Waals surface area contributed by atoms with Gasteiger partial charge in [-0.25, -0.2) is 9.59 Å². The maximum absolute atomic E-state index is 14.4. The fourth-order valence-corrected chi connectivity index (χ4v) is 5.01. The van der Waals surface area contributed by atoms with E-state index in [1.165, 1.54) is 38.5 Å². The average Bonchev–Trinajstić information content (AvgIpc) is 3.28. The molecule has 44 heavy (non-hydrogen) atoms. The summed E-state index contributed by atoms with van der Waals surface area (Å²) in [6, 6.07) is 11.0. The van der Waals surface area contributed by atoms with Crippen LogP contribution in [0.2, 0.25) is 0 Å². The average molecular weight is 621 g/mol. The molecule has 238 valence electrons. The Bertz CT molecular complexity index is 1370. The minimum absolute atomic E-state index is 0.00147. The summed E-state index contributed by atoms with van der Waals surface area (Å²) in [6.45, 7) is 4.20. The molecule has 3 unspecified atom stereocenters. The molecule has 0 amide bonds. The number of hydrogen-bond donors (Lipinski definition) is 0. The van der Waals surface area contributed by atoms with Gasteiger partial charge in [-0.1, -0.05) is 36.4 Å². The molecule has 2 aromatic carbocycles. The Morgan fingerprint density at radius 3 is 2.45 bits per heavy atom. The Labute approximate surface area is 253 Å². The van der Waals surface area contributed by atoms with Crippen molar-refractivity contribution in [1.29, 1.82) is 0 Å². The van der Waals surface area contributed by atoms with Gasteiger partial charge in [0.2, 0.25) is 0 Å². The lowest BCUT2D eigenvalue weighted by atomic mass is 9.97. The summed E-state index contributed by atoms with van der Waals surface area (Å²) >= 11 is 0. The molecule has 1 saturated heterocycles. The van der Waals surface area contributed by atoms with Crippen LogP contribution >= 0.6 is 0 Å². The molecule has 1 fully saturated rings. The number of fused-ring (bicyclic) bond motifs is 2. The normalized spacial score (nSPS) is 26.7. The number of alkyl halides is 3. The van der Waals surface area contributed by atoms with Crippen LogP contribution in [0.25, 0.3) is 6.08 Å². The Hall–Kier alpha value is -3.87. The predicted octanol–water partition coefficient (Wildman–Crippen LogP) is 6.12. The van der Waals surface area contributed by atoms with Gasteiger partial charge >= 0.3 is 18.1 Å². The molecule has 0 aliphatic carbocycles. The fraction of sp³-hybridized carbons (Fsp3) is 0.438. The van der Waals surface area contributed by atoms with Crippen molar-refractivity contribution in [2.24, 2.45) is 5.92 Å². The van der Waals surface area contributed by atoms with E-state index in [2.05, 4.69) is 0 Å². The molecule has 0 N–H and O–H groups in total. The molecule has 0 saturated carbocycles. The van der Waals surface area contributed by atoms with Crippen LogP contribution in [0.15, 0.2) is 60.7 Å². The third-order valence-corrected chi connectivity index (χ3v) is 7.03. The van der Waals surface area contributed by atoms with Gasteiger partial charge in [0.25, 0.3) is 0 Å². The van der Waals surface area contributed by atoms with Crippen LogP contribution in [0.4, 0.5) is 13.2 Å². The number of carbonyl (C=O) groups excluding carboxylic acids is 2. The number of benzene rings is 2. The molecular formula is C32H35F3O9. The van der Waals surface area contributed by atoms with Crippen LogP contribution < -0.4 is 9.47 Å². The van der Waals surface area contributed by atoms with E-state index in [-0.39, 0.29) is 35.7 Å². The van der Waals surface area contributed by atoms with Crippen LogP contribution in [0.5, 0.6) is 11.5 Å². The molecule has 12 heteroatoms. The first-order chi connectivity index (χ1) is 20.8. The molecular weight excluding hydrogens is 585 g/mol. The monoisotopic (exact) mass is 620 g/mol. The first kappa shape index (κ1) is 33.0. The van der Waals surface area contributed by atoms with Gasteiger partial charge in [-0.3, -0.25) is 0 Å². The van der Waals surface area contributed by atoms with E-state index in [9.17, 15) is 22.8 Å². The number of ether oxygens (including phenoxy) is 7. The van der Waals surface area contributed by atoms with Crippen molar-refractivity contribution in [2.45, 2.75) is 63.6 Å². The summed E-state index contributed by atoms with van der Waals surface area (Å²) in [5, 5.41) is 0. The van der Waals surface area contributed by atoms with E-state index in [1.807, 2.05) is 0 Å². The van der Waals surface area contributed by atoms with Crippen LogP contribution in [-0.4, -0.2) is 69.3 Å². The molecule has 4 rings (SSSR count). The van der Waals surface area contributed by atoms with Crippen molar-refractivity contribution in [3.63, 3.8) is 0 Å². The first-order valence-electron chi connectivity index (χ1n) is 13.9. The quantitative estimate of drug-likeness (QED) is 0.215. The van der Waals surface area contributed by atoms with Gasteiger partial charge in [0, 0.05) is 13.2 Å². The Balaban J connectivity index is 1.82. The summed E-state index contributed by atoms with van der Waals surface area (Å²) in [5.41, 5.74) is 0.371. The van der Waals surface area contributed by atoms with Gasteiger partial charge in [0.05, 0.1) is 18.8 Å². The number of carbonyl (C=O) groups is 2. The lowest BCUT2D eigenvalue weighted by molar-refractivity contribution is -0.182. The van der Waals surface area contributed by atoms with Crippen LogP contribution in [0.1, 0.15) is 53.5 Å². The summed E-state index contributed by atoms with van der Waals surface area (Å²) < 4.78 is 82.4. The fourth-order valence-electron chi connectivity index (χ4n) is 5.01. The van der Waals surface area contributed by atoms with Crippen LogP contribution in [0, 0.1) is 5.92 Å². The molecule has 2 aliphatic heterocycles. The summed E-state index contributed by atoms with van der Waals surface area (Å²) in [7, 11) is 2.80. The smallest absolute Gasteiger partial charge is 0.398 e. The summed E-state index contributed by atoms with van der Waals surface area (Å²) in [5.74, 6) is -4.87. The second kappa shape index (κ2) is 13.8. The molecule has 2 aromatic rings. The number of cyclic esters (lactones) is 1. The van der Waals surface area contributed by atoms with E-state index in [0.29, 0.717) is 5.75 Å². The first-order valence-corrected chi connectivity index (χ1v) is 13.9. The summed E-state index contributed by atoms with van der Waals surface area (Å²) in [6.07, 6.45) is -4.09. The number of methoxy groups -OCH3 is 2. The second-order valence-electron chi connectivity index (χ2n) is 10.7. The van der Waals surface area contributed by atoms with Crippen LogP contribution in [-0.2, 0) is 23.7 Å². The third-order valence-electron chi connectivity index (χ3n) is 7.03. The maximum atomic E-state index is 14.4. The number of esters is 2. The molecule has 0 radical (unpaired) electrons. The van der Waals surface area contributed by atoms with E-state index in [4.69, 9.17) is 33.2 Å². The van der Waals surface area contributed by atoms with Crippen molar-refractivity contribution < 1.29 is 55.9 Å². The van der Waals surface area contributed by atoms with Crippen molar-refractivity contribution in [1.82, 2.24) is 0 Å². The Morgan fingerprint density at radius 2 is 1.80 bits per heavy atom. The lowest BCUT2D eigenvalue weighted by Crippen LogP contribution is -2.39. The molecule has 2 aliphatic rings. The zero-order chi connectivity index (χ0) is 32.1. The Morgan fingerprint density at radius 1 is 1.07 bits per heavy atom. The Kier molecular flexibility index (Phi) is 10.4. The zero-order valence-electron chi connectivity index (χ0n) is 25.0. The minimum Gasteiger partial charge on any atom is -0.497 e. The highest BCUT2D eigenvalue weighted by molar-refractivity contribution is 5.97. The molecule has 0 spiro atoms. The van der Waals surface area contributed by atoms with E-state index in [1.54, 1.807) is 44.2 Å². The topological polar surface area (TPSA) is 98.8 Å². The predicted molar refractivity (Wildman–Crippen MR) is 152 cm³/mol.